The second-order valence-corrected chi connectivity index (χ2v) is 24.7. The summed E-state index contributed by atoms with van der Waals surface area (Å²) in [6.07, 6.45) is 7.89. The molecular formula is C47H65AlBrCl3LiN3O12S3. The van der Waals surface area contributed by atoms with Crippen molar-refractivity contribution in [3.05, 3.63) is 105 Å². The Balaban J connectivity index is 0.000000924. The second kappa shape index (κ2) is 32.7. The third kappa shape index (κ3) is 24.6. The van der Waals surface area contributed by atoms with Crippen LogP contribution in [0.1, 0.15) is 74.0 Å². The van der Waals surface area contributed by atoms with Crippen molar-refractivity contribution < 1.29 is 74.4 Å². The van der Waals surface area contributed by atoms with E-state index in [-0.39, 0.29) is 74.1 Å². The molecule has 0 unspecified atom stereocenters. The van der Waals surface area contributed by atoms with Gasteiger partial charge in [0, 0.05) is 104 Å². The number of esters is 2. The molecule has 0 saturated carbocycles. The van der Waals surface area contributed by atoms with Gasteiger partial charge in [0.2, 0.25) is 0 Å². The van der Waals surface area contributed by atoms with Crippen molar-refractivity contribution >= 4 is 142 Å². The van der Waals surface area contributed by atoms with Crippen molar-refractivity contribution in [1.29, 1.82) is 0 Å². The molecule has 3 aromatic carbocycles. The monoisotopic (exact) mass is 1180 g/mol. The number of halogens is 4. The Morgan fingerprint density at radius 1 is 0.676 bits per heavy atom. The standard InChI is InChI=1S/C15H18ClNO4S.C13H16ClNO3S.C11H10ClNO2.C4H9BrO2S.C4H8O.Al.Li.4H/c1-3-21-15(18)14-10-11-9-12(16)5-6-13(11)17(14)7-4-8-22(2,19)20;1-19(17,18)6-2-5-15-12(9-16)8-10-7-11(14)3-4-13(10)15;1-2-15-11(14)10-6-7-5-8(12)3-4-9(7)13-10;1-8(6,7)4-2-3-5;1-2-4-5-3-1;;;;;;/h5-6,9-10H,3-4,7-8H2,1-2H3;3-4,7-8,16H,2,5-6,9H2,1H3;3-6,13H,2H2,1H3;2-4H2,1H3;1-4H2;;;;;;/q;;;;;;+1;;;;-1. The van der Waals surface area contributed by atoms with Crippen molar-refractivity contribution in [3.63, 3.8) is 0 Å². The van der Waals surface area contributed by atoms with Gasteiger partial charge in [-0.2, -0.15) is 0 Å². The first-order valence-corrected chi connectivity index (χ1v) is 30.4. The molecule has 24 heteroatoms. The van der Waals surface area contributed by atoms with Gasteiger partial charge in [-0.1, -0.05) is 50.7 Å². The maximum Gasteiger partial charge on any atom is 1.00 e. The summed E-state index contributed by atoms with van der Waals surface area (Å²) in [6.45, 7) is 7.08. The summed E-state index contributed by atoms with van der Waals surface area (Å²) in [6, 6.07) is 21.6. The molecule has 2 N–H and O–H groups in total. The minimum atomic E-state index is -3.03. The minimum absolute atomic E-state index is 0. The Labute approximate surface area is 465 Å². The predicted molar refractivity (Wildman–Crippen MR) is 293 cm³/mol. The molecule has 15 nitrogen and oxygen atoms in total. The van der Waals surface area contributed by atoms with Gasteiger partial charge in [0.25, 0.3) is 0 Å². The van der Waals surface area contributed by atoms with Gasteiger partial charge >= 0.3 is 30.8 Å². The fourth-order valence-electron chi connectivity index (χ4n) is 6.77. The Hall–Kier alpha value is -2.53. The number of aromatic nitrogens is 3. The van der Waals surface area contributed by atoms with Crippen molar-refractivity contribution in [2.24, 2.45) is 0 Å². The van der Waals surface area contributed by atoms with Crippen LogP contribution in [0, 0.1) is 0 Å². The molecule has 4 heterocycles. The van der Waals surface area contributed by atoms with E-state index in [2.05, 4.69) is 20.9 Å². The number of sulfone groups is 3. The SMILES string of the molecule is C1CCOC1.CCOC(=O)c1cc2cc(Cl)ccc2[nH]1.CCOC(=O)c1cc2cc(Cl)ccc2n1CCCS(C)(=O)=O.CS(=O)(=O)CCCBr.CS(=O)(=O)CCCn1c(CO)cc2cc(Cl)ccc21.[AlH3].[H-].[Li+]. The van der Waals surface area contributed by atoms with Crippen molar-refractivity contribution in [3.8, 4) is 0 Å². The molecule has 6 aromatic rings. The fourth-order valence-corrected chi connectivity index (χ4v) is 9.94. The number of aromatic amines is 1. The molecule has 390 valence electrons. The molecule has 1 fully saturated rings. The van der Waals surface area contributed by atoms with Gasteiger partial charge < -0.3 is 34.9 Å². The Bertz CT molecular complexity index is 2970. The van der Waals surface area contributed by atoms with Crippen LogP contribution in [0.3, 0.4) is 0 Å². The number of nitrogens with zero attached hydrogens (tertiary/aromatic N) is 2. The van der Waals surface area contributed by atoms with Crippen molar-refractivity contribution in [1.82, 2.24) is 14.1 Å². The van der Waals surface area contributed by atoms with E-state index in [0.717, 1.165) is 56.9 Å². The quantitative estimate of drug-likeness (QED) is 0.0683. The maximum atomic E-state index is 12.1. The fraction of sp³-hybridized carbons (Fsp3) is 0.447. The zero-order valence-corrected chi connectivity index (χ0v) is 46.6. The van der Waals surface area contributed by atoms with Crippen molar-refractivity contribution in [2.75, 3.05) is 67.8 Å². The number of H-pyrrole nitrogens is 1. The summed E-state index contributed by atoms with van der Waals surface area (Å²) >= 11 is 20.9. The summed E-state index contributed by atoms with van der Waals surface area (Å²) in [4.78, 5) is 26.5. The van der Waals surface area contributed by atoms with Crippen LogP contribution in [-0.2, 0) is 63.4 Å². The molecule has 1 aliphatic heterocycles. The zero-order chi connectivity index (χ0) is 51.4. The molecule has 3 aromatic heterocycles. The molecule has 0 radical (unpaired) electrons. The molecule has 7 rings (SSSR count). The average molecular weight is 1180 g/mol. The van der Waals surface area contributed by atoms with Crippen LogP contribution in [0.2, 0.25) is 15.1 Å². The molecule has 1 aliphatic rings. The normalized spacial score (nSPS) is 12.1. The smallest absolute Gasteiger partial charge is 1.00 e. The minimum Gasteiger partial charge on any atom is -1.00 e. The number of aliphatic hydroxyl groups excluding tert-OH is 1. The van der Waals surface area contributed by atoms with E-state index >= 15 is 0 Å². The van der Waals surface area contributed by atoms with Gasteiger partial charge in [0.1, 0.15) is 40.9 Å². The Kier molecular flexibility index (Phi) is 30.6. The van der Waals surface area contributed by atoms with Crippen LogP contribution in [-0.4, -0.2) is 142 Å². The van der Waals surface area contributed by atoms with Crippen LogP contribution < -0.4 is 18.9 Å². The van der Waals surface area contributed by atoms with Crippen LogP contribution in [0.15, 0.2) is 72.8 Å². The third-order valence-corrected chi connectivity index (χ3v) is 14.2. The molecule has 0 atom stereocenters. The largest absolute Gasteiger partial charge is 1.00 e. The molecule has 71 heavy (non-hydrogen) atoms. The van der Waals surface area contributed by atoms with E-state index in [4.69, 9.17) is 49.0 Å². The van der Waals surface area contributed by atoms with Gasteiger partial charge in [-0.25, -0.2) is 34.8 Å². The van der Waals surface area contributed by atoms with Gasteiger partial charge in [-0.05, 0) is 119 Å². The molecular weight excluding hydrogens is 1110 g/mol. The number of carbonyl (C=O) groups is 2. The Morgan fingerprint density at radius 2 is 1.13 bits per heavy atom. The van der Waals surface area contributed by atoms with Gasteiger partial charge in [-0.3, -0.25) is 0 Å². The number of ether oxygens (including phenoxy) is 3. The summed E-state index contributed by atoms with van der Waals surface area (Å²) < 4.78 is 84.2. The summed E-state index contributed by atoms with van der Waals surface area (Å²) in [5.74, 6) is -0.259. The van der Waals surface area contributed by atoms with E-state index in [1.807, 2.05) is 34.9 Å². The van der Waals surface area contributed by atoms with Crippen molar-refractivity contribution in [2.45, 2.75) is 65.6 Å². The number of hydrogen-bond acceptors (Lipinski definition) is 12. The van der Waals surface area contributed by atoms with E-state index in [9.17, 15) is 39.9 Å². The first kappa shape index (κ1) is 66.5. The topological polar surface area (TPSA) is 210 Å². The van der Waals surface area contributed by atoms with Gasteiger partial charge in [-0.15, -0.1) is 0 Å². The maximum absolute atomic E-state index is 12.1. The molecule has 0 aliphatic carbocycles. The van der Waals surface area contributed by atoms with Crippen LogP contribution >= 0.6 is 50.7 Å². The number of rotatable bonds is 16. The molecule has 0 amide bonds. The van der Waals surface area contributed by atoms with Crippen LogP contribution in [0.25, 0.3) is 32.7 Å². The predicted octanol–water partition coefficient (Wildman–Crippen LogP) is 5.67. The molecule has 0 bridgehead atoms. The summed E-state index contributed by atoms with van der Waals surface area (Å²) in [5.41, 5.74) is 4.30. The number of benzene rings is 3. The van der Waals surface area contributed by atoms with E-state index in [1.54, 1.807) is 60.9 Å². The number of aryl methyl sites for hydroxylation is 2. The number of nitrogens with one attached hydrogen (secondary N) is 1. The Morgan fingerprint density at radius 3 is 1.58 bits per heavy atom. The van der Waals surface area contributed by atoms with Gasteiger partial charge in [0.15, 0.2) is 17.4 Å². The number of alkyl halides is 1. The third-order valence-electron chi connectivity index (χ3n) is 9.81. The number of fused-ring (bicyclic) bond motifs is 3. The van der Waals surface area contributed by atoms with E-state index < -0.39 is 35.5 Å². The van der Waals surface area contributed by atoms with Crippen LogP contribution in [0.5, 0.6) is 0 Å². The zero-order valence-electron chi connectivity index (χ0n) is 41.3. The van der Waals surface area contributed by atoms with Crippen LogP contribution in [0.4, 0.5) is 0 Å². The molecule has 1 saturated heterocycles. The first-order valence-electron chi connectivity index (χ1n) is 22.0. The average Bonchev–Trinajstić information content (AvgIpc) is 4.10. The first-order chi connectivity index (χ1) is 32.5. The number of carbonyl (C=O) groups excluding carboxylic acids is 2. The second-order valence-electron chi connectivity index (χ2n) is 15.8. The number of aliphatic hydroxyl groups is 1. The summed E-state index contributed by atoms with van der Waals surface area (Å²) in [5, 5.41) is 14.7. The van der Waals surface area contributed by atoms with E-state index in [0.29, 0.717) is 65.4 Å². The van der Waals surface area contributed by atoms with E-state index in [1.165, 1.54) is 31.6 Å². The molecule has 0 spiro atoms. The summed E-state index contributed by atoms with van der Waals surface area (Å²) in [7, 11) is -8.70. The number of hydrogen-bond donors (Lipinski definition) is 2. The van der Waals surface area contributed by atoms with Gasteiger partial charge in [0.05, 0.1) is 37.1 Å².